The summed E-state index contributed by atoms with van der Waals surface area (Å²) in [4.78, 5) is 13.1. The first-order valence-electron chi connectivity index (χ1n) is 6.98. The Morgan fingerprint density at radius 1 is 0.833 bits per heavy atom. The van der Waals surface area contributed by atoms with Crippen molar-refractivity contribution in [2.75, 3.05) is 21.3 Å². The molecule has 0 N–H and O–H groups in total. The predicted molar refractivity (Wildman–Crippen MR) is 94.4 cm³/mol. The van der Waals surface area contributed by atoms with Crippen LogP contribution in [0.1, 0.15) is 5.56 Å². The number of ether oxygens (including phenoxy) is 3. The zero-order valence-corrected chi connectivity index (χ0v) is 15.0. The summed E-state index contributed by atoms with van der Waals surface area (Å²) in [5.41, 5.74) is 0.758. The molecule has 0 saturated heterocycles. The first kappa shape index (κ1) is 16.7. The summed E-state index contributed by atoms with van der Waals surface area (Å²) in [7, 11) is 4.41. The molecule has 1 aromatic heterocycles. The second-order valence-electron chi connectivity index (χ2n) is 5.14. The summed E-state index contributed by atoms with van der Waals surface area (Å²) in [5, 5.41) is 0.965. The molecule has 0 bridgehead atoms. The molecule has 3 aromatic rings. The second-order valence-corrected chi connectivity index (χ2v) is 5.90. The molecule has 5 nitrogen and oxygen atoms in total. The number of methoxy groups -OCH3 is 3. The summed E-state index contributed by atoms with van der Waals surface area (Å²) < 4.78 is 21.7. The van der Waals surface area contributed by atoms with Gasteiger partial charge in [0, 0.05) is 6.07 Å². The van der Waals surface area contributed by atoms with Crippen molar-refractivity contribution >= 4 is 45.1 Å². The standard InChI is InChI=1S/C17H14Cl2O5/c1-7-5-9(22-3)13(18)16-11(7)15(20)12-8(21-2)6-10(23-4)14(19)17(12)24-16/h5-6H,1-4H3. The minimum atomic E-state index is -0.283. The van der Waals surface area contributed by atoms with E-state index in [0.717, 1.165) is 0 Å². The van der Waals surface area contributed by atoms with Crippen molar-refractivity contribution in [2.45, 2.75) is 6.92 Å². The van der Waals surface area contributed by atoms with E-state index in [4.69, 9.17) is 41.8 Å². The molecule has 1 heterocycles. The smallest absolute Gasteiger partial charge is 0.204 e. The van der Waals surface area contributed by atoms with Gasteiger partial charge < -0.3 is 18.6 Å². The van der Waals surface area contributed by atoms with Crippen LogP contribution in [-0.4, -0.2) is 21.3 Å². The maximum absolute atomic E-state index is 13.1. The van der Waals surface area contributed by atoms with E-state index in [0.29, 0.717) is 28.2 Å². The average molecular weight is 369 g/mol. The lowest BCUT2D eigenvalue weighted by atomic mass is 10.1. The third-order valence-corrected chi connectivity index (χ3v) is 4.57. The number of hydrogen-bond donors (Lipinski definition) is 0. The summed E-state index contributed by atoms with van der Waals surface area (Å²) >= 11 is 12.6. The Labute approximate surface area is 147 Å². The van der Waals surface area contributed by atoms with Crippen molar-refractivity contribution in [3.8, 4) is 17.2 Å². The molecule has 0 saturated carbocycles. The van der Waals surface area contributed by atoms with Crippen LogP contribution in [0.5, 0.6) is 17.2 Å². The quantitative estimate of drug-likeness (QED) is 0.632. The van der Waals surface area contributed by atoms with Crippen molar-refractivity contribution in [1.82, 2.24) is 0 Å². The Morgan fingerprint density at radius 3 is 1.88 bits per heavy atom. The Balaban J connectivity index is 2.64. The number of hydrogen-bond acceptors (Lipinski definition) is 5. The normalized spacial score (nSPS) is 11.1. The van der Waals surface area contributed by atoms with Gasteiger partial charge in [-0.1, -0.05) is 23.2 Å². The van der Waals surface area contributed by atoms with E-state index < -0.39 is 0 Å². The first-order valence-corrected chi connectivity index (χ1v) is 7.74. The fourth-order valence-electron chi connectivity index (χ4n) is 2.70. The van der Waals surface area contributed by atoms with Crippen LogP contribution in [0.3, 0.4) is 0 Å². The van der Waals surface area contributed by atoms with E-state index in [9.17, 15) is 4.79 Å². The van der Waals surface area contributed by atoms with E-state index >= 15 is 0 Å². The molecule has 0 radical (unpaired) electrons. The molecule has 0 unspecified atom stereocenters. The summed E-state index contributed by atoms with van der Waals surface area (Å²) in [6, 6.07) is 3.24. The maximum Gasteiger partial charge on any atom is 0.204 e. The van der Waals surface area contributed by atoms with Gasteiger partial charge in [-0.05, 0) is 18.6 Å². The number of benzene rings is 2. The van der Waals surface area contributed by atoms with Crippen molar-refractivity contribution in [2.24, 2.45) is 0 Å². The topological polar surface area (TPSA) is 57.9 Å². The minimum Gasteiger partial charge on any atom is -0.496 e. The Kier molecular flexibility index (Phi) is 4.24. The van der Waals surface area contributed by atoms with Gasteiger partial charge in [0.05, 0.1) is 26.7 Å². The lowest BCUT2D eigenvalue weighted by Crippen LogP contribution is -2.07. The van der Waals surface area contributed by atoms with Gasteiger partial charge in [0.15, 0.2) is 11.2 Å². The van der Waals surface area contributed by atoms with Crippen LogP contribution >= 0.6 is 23.2 Å². The molecule has 0 aliphatic heterocycles. The van der Waals surface area contributed by atoms with Crippen molar-refractivity contribution in [1.29, 1.82) is 0 Å². The van der Waals surface area contributed by atoms with Crippen molar-refractivity contribution in [3.63, 3.8) is 0 Å². The maximum atomic E-state index is 13.1. The minimum absolute atomic E-state index is 0.153. The van der Waals surface area contributed by atoms with E-state index in [-0.39, 0.29) is 32.0 Å². The van der Waals surface area contributed by atoms with Crippen molar-refractivity contribution < 1.29 is 18.6 Å². The molecular weight excluding hydrogens is 355 g/mol. The third kappa shape index (κ3) is 2.27. The number of rotatable bonds is 3. The molecule has 0 atom stereocenters. The van der Waals surface area contributed by atoms with Gasteiger partial charge in [-0.15, -0.1) is 0 Å². The number of halogens is 2. The third-order valence-electron chi connectivity index (χ3n) is 3.85. The second kappa shape index (κ2) is 6.07. The van der Waals surface area contributed by atoms with Crippen LogP contribution in [0.2, 0.25) is 10.0 Å². The van der Waals surface area contributed by atoms with Crippen LogP contribution < -0.4 is 19.6 Å². The Morgan fingerprint density at radius 2 is 1.33 bits per heavy atom. The molecule has 0 spiro atoms. The van der Waals surface area contributed by atoms with Gasteiger partial charge in [0.2, 0.25) is 5.43 Å². The lowest BCUT2D eigenvalue weighted by molar-refractivity contribution is 0.396. The molecule has 0 fully saturated rings. The average Bonchev–Trinajstić information content (AvgIpc) is 2.58. The van der Waals surface area contributed by atoms with E-state index in [1.807, 2.05) is 0 Å². The van der Waals surface area contributed by atoms with E-state index in [1.54, 1.807) is 19.1 Å². The Bertz CT molecular complexity index is 1020. The highest BCUT2D eigenvalue weighted by Crippen LogP contribution is 2.42. The van der Waals surface area contributed by atoms with Gasteiger partial charge in [-0.25, -0.2) is 0 Å². The number of fused-ring (bicyclic) bond motifs is 2. The molecule has 2 aromatic carbocycles. The molecule has 126 valence electrons. The van der Waals surface area contributed by atoms with Crippen LogP contribution in [-0.2, 0) is 0 Å². The molecule has 3 rings (SSSR count). The van der Waals surface area contributed by atoms with Crippen LogP contribution in [0.15, 0.2) is 21.3 Å². The highest BCUT2D eigenvalue weighted by molar-refractivity contribution is 6.38. The molecular formula is C17H14Cl2O5. The fourth-order valence-corrected chi connectivity index (χ4v) is 3.22. The lowest BCUT2D eigenvalue weighted by Gasteiger charge is -2.13. The van der Waals surface area contributed by atoms with Gasteiger partial charge in [0.25, 0.3) is 0 Å². The number of aryl methyl sites for hydroxylation is 1. The van der Waals surface area contributed by atoms with E-state index in [2.05, 4.69) is 0 Å². The summed E-state index contributed by atoms with van der Waals surface area (Å²) in [5.74, 6) is 1.06. The molecule has 0 aliphatic carbocycles. The molecule has 7 heteroatoms. The summed E-state index contributed by atoms with van der Waals surface area (Å²) in [6.45, 7) is 1.78. The Hall–Kier alpha value is -2.11. The highest BCUT2D eigenvalue weighted by Gasteiger charge is 2.22. The van der Waals surface area contributed by atoms with Gasteiger partial charge >= 0.3 is 0 Å². The molecule has 24 heavy (non-hydrogen) atoms. The zero-order valence-electron chi connectivity index (χ0n) is 13.5. The van der Waals surface area contributed by atoms with Gasteiger partial charge in [-0.2, -0.15) is 0 Å². The van der Waals surface area contributed by atoms with Gasteiger partial charge in [0.1, 0.15) is 32.7 Å². The van der Waals surface area contributed by atoms with Crippen molar-refractivity contribution in [3.05, 3.63) is 38.0 Å². The fraction of sp³-hybridized carbons (Fsp3) is 0.235. The van der Waals surface area contributed by atoms with Crippen LogP contribution in [0.25, 0.3) is 21.9 Å². The predicted octanol–water partition coefficient (Wildman–Crippen LogP) is 4.59. The molecule has 0 aliphatic rings. The monoisotopic (exact) mass is 368 g/mol. The van der Waals surface area contributed by atoms with E-state index in [1.165, 1.54) is 21.3 Å². The first-order chi connectivity index (χ1) is 11.4. The van der Waals surface area contributed by atoms with Crippen LogP contribution in [0, 0.1) is 6.92 Å². The highest BCUT2D eigenvalue weighted by atomic mass is 35.5. The summed E-state index contributed by atoms with van der Waals surface area (Å²) in [6.07, 6.45) is 0. The van der Waals surface area contributed by atoms with Crippen LogP contribution in [0.4, 0.5) is 0 Å². The largest absolute Gasteiger partial charge is 0.496 e. The zero-order chi connectivity index (χ0) is 17.6. The molecule has 0 amide bonds. The SMILES string of the molecule is COc1cc(C)c2c(=O)c3c(OC)cc(OC)c(Cl)c3oc2c1Cl. The van der Waals surface area contributed by atoms with Gasteiger partial charge in [-0.3, -0.25) is 4.79 Å².